The predicted molar refractivity (Wildman–Crippen MR) is 196 cm³/mol. The van der Waals surface area contributed by atoms with E-state index in [1.165, 1.54) is 45.1 Å². The van der Waals surface area contributed by atoms with E-state index >= 15 is 0 Å². The summed E-state index contributed by atoms with van der Waals surface area (Å²) in [5.74, 6) is -5.87. The molecule has 5 N–H and O–H groups in total. The molecule has 1 aliphatic carbocycles. The summed E-state index contributed by atoms with van der Waals surface area (Å²) >= 11 is 0. The van der Waals surface area contributed by atoms with Gasteiger partial charge in [-0.25, -0.2) is 0 Å². The lowest BCUT2D eigenvalue weighted by Crippen LogP contribution is -2.36. The van der Waals surface area contributed by atoms with Crippen molar-refractivity contribution in [3.8, 4) is 5.75 Å². The molecule has 1 aromatic carbocycles. The SMILES string of the molecule is COC1=C2NC(=O)\C(C)=C/C=C\C=C/[C@H](C)[C@@H](O)CC(=O)/C(C)=C\C[C@H](O)/C=C\[C@H](C)[C@H](O)[C@@H](C)/C=C(/C)C(=O)c3c(O)c(C)cc(c3C1=O)C2=O. The van der Waals surface area contributed by atoms with Crippen LogP contribution < -0.4 is 5.32 Å². The molecule has 0 aromatic heterocycles. The molecule has 52 heavy (non-hydrogen) atoms. The highest BCUT2D eigenvalue weighted by molar-refractivity contribution is 6.31. The fourth-order valence-electron chi connectivity index (χ4n) is 5.82. The zero-order valence-corrected chi connectivity index (χ0v) is 30.9. The van der Waals surface area contributed by atoms with Gasteiger partial charge in [-0.1, -0.05) is 75.5 Å². The van der Waals surface area contributed by atoms with Crippen LogP contribution in [-0.2, 0) is 14.3 Å². The van der Waals surface area contributed by atoms with Crippen molar-refractivity contribution in [1.82, 2.24) is 5.32 Å². The van der Waals surface area contributed by atoms with Crippen molar-refractivity contribution in [2.24, 2.45) is 17.8 Å². The number of Topliss-reactive ketones (excluding diaryl/α,β-unsaturated/α-hetero) is 4. The van der Waals surface area contributed by atoms with Crippen molar-refractivity contribution in [3.05, 3.63) is 111 Å². The summed E-state index contributed by atoms with van der Waals surface area (Å²) in [5, 5.41) is 45.7. The molecular weight excluding hydrogens is 666 g/mol. The maximum atomic E-state index is 13.9. The third kappa shape index (κ3) is 9.67. The number of amides is 1. The molecule has 278 valence electrons. The van der Waals surface area contributed by atoms with Gasteiger partial charge in [0.05, 0.1) is 36.5 Å². The second-order valence-electron chi connectivity index (χ2n) is 13.5. The average Bonchev–Trinajstić information content (AvgIpc) is 3.10. The fraction of sp³-hybridized carbons (Fsp3) is 0.390. The Morgan fingerprint density at radius 3 is 2.08 bits per heavy atom. The molecule has 2 heterocycles. The Morgan fingerprint density at radius 1 is 0.750 bits per heavy atom. The summed E-state index contributed by atoms with van der Waals surface area (Å²) in [6.07, 6.45) is 11.3. The van der Waals surface area contributed by atoms with E-state index in [-0.39, 0.29) is 52.4 Å². The van der Waals surface area contributed by atoms with Gasteiger partial charge in [0.15, 0.2) is 17.3 Å². The van der Waals surface area contributed by atoms with Gasteiger partial charge in [0.1, 0.15) is 11.4 Å². The number of aromatic hydroxyl groups is 1. The van der Waals surface area contributed by atoms with Crippen LogP contribution >= 0.6 is 0 Å². The molecule has 1 aromatic rings. The van der Waals surface area contributed by atoms with Crippen LogP contribution in [-0.4, -0.2) is 74.9 Å². The summed E-state index contributed by atoms with van der Waals surface area (Å²) < 4.78 is 5.29. The van der Waals surface area contributed by atoms with Gasteiger partial charge in [-0.05, 0) is 56.9 Å². The third-order valence-corrected chi connectivity index (χ3v) is 9.33. The van der Waals surface area contributed by atoms with Crippen LogP contribution in [0.5, 0.6) is 5.75 Å². The van der Waals surface area contributed by atoms with E-state index in [4.69, 9.17) is 4.74 Å². The number of aliphatic hydroxyl groups excluding tert-OH is 3. The quantitative estimate of drug-likeness (QED) is 0.245. The molecule has 0 radical (unpaired) electrons. The topological polar surface area (TPSA) is 188 Å². The van der Waals surface area contributed by atoms with Gasteiger partial charge >= 0.3 is 0 Å². The van der Waals surface area contributed by atoms with Gasteiger partial charge in [0.2, 0.25) is 11.6 Å². The van der Waals surface area contributed by atoms with Crippen LogP contribution in [0, 0.1) is 24.7 Å². The first kappa shape index (κ1) is 41.5. The van der Waals surface area contributed by atoms with Crippen LogP contribution in [0.3, 0.4) is 0 Å². The number of aryl methyl sites for hydroxylation is 1. The molecule has 11 heteroatoms. The van der Waals surface area contributed by atoms with Gasteiger partial charge in [-0.15, -0.1) is 0 Å². The van der Waals surface area contributed by atoms with Crippen LogP contribution in [0.25, 0.3) is 0 Å². The number of allylic oxidation sites excluding steroid dienone is 8. The lowest BCUT2D eigenvalue weighted by Gasteiger charge is -2.24. The zero-order valence-electron chi connectivity index (χ0n) is 30.9. The van der Waals surface area contributed by atoms with Gasteiger partial charge in [-0.3, -0.25) is 24.0 Å². The number of carbonyl (C=O) groups excluding carboxylic acids is 5. The Morgan fingerprint density at radius 2 is 1.42 bits per heavy atom. The molecule has 2 aliphatic heterocycles. The number of phenols is 1. The largest absolute Gasteiger partial charge is 0.507 e. The van der Waals surface area contributed by atoms with Crippen LogP contribution in [0.2, 0.25) is 0 Å². The molecule has 0 unspecified atom stereocenters. The molecule has 0 saturated carbocycles. The van der Waals surface area contributed by atoms with Crippen molar-refractivity contribution in [2.75, 3.05) is 7.11 Å². The highest BCUT2D eigenvalue weighted by Gasteiger charge is 2.39. The Hall–Kier alpha value is -4.97. The number of hydrogen-bond acceptors (Lipinski definition) is 10. The first-order chi connectivity index (χ1) is 24.4. The van der Waals surface area contributed by atoms with Crippen molar-refractivity contribution in [3.63, 3.8) is 0 Å². The number of benzene rings is 1. The normalized spacial score (nSPS) is 31.1. The fourth-order valence-corrected chi connectivity index (χ4v) is 5.82. The van der Waals surface area contributed by atoms with E-state index in [0.29, 0.717) is 5.57 Å². The molecule has 11 nitrogen and oxygen atoms in total. The molecule has 6 atom stereocenters. The number of ether oxygens (including phenoxy) is 1. The van der Waals surface area contributed by atoms with Crippen LogP contribution in [0.15, 0.2) is 88.9 Å². The summed E-state index contributed by atoms with van der Waals surface area (Å²) in [6, 6.07) is 1.28. The third-order valence-electron chi connectivity index (χ3n) is 9.33. The smallest absolute Gasteiger partial charge is 0.251 e. The summed E-state index contributed by atoms with van der Waals surface area (Å²) in [4.78, 5) is 67.4. The Kier molecular flexibility index (Phi) is 14.3. The minimum atomic E-state index is -1.01. The lowest BCUT2D eigenvalue weighted by atomic mass is 9.82. The molecule has 0 spiro atoms. The van der Waals surface area contributed by atoms with Crippen LogP contribution in [0.1, 0.15) is 91.0 Å². The molecular formula is C41H49NO10. The van der Waals surface area contributed by atoms with Gasteiger partial charge in [0, 0.05) is 35.3 Å². The Labute approximate surface area is 304 Å². The molecule has 0 saturated heterocycles. The number of ketones is 4. The van der Waals surface area contributed by atoms with E-state index in [2.05, 4.69) is 5.32 Å². The number of hydrogen-bond donors (Lipinski definition) is 5. The van der Waals surface area contributed by atoms with E-state index in [1.54, 1.807) is 64.2 Å². The monoisotopic (exact) mass is 715 g/mol. The highest BCUT2D eigenvalue weighted by Crippen LogP contribution is 2.37. The number of fused-ring (bicyclic) bond motifs is 18. The van der Waals surface area contributed by atoms with Gasteiger partial charge in [-0.2, -0.15) is 0 Å². The second kappa shape index (κ2) is 18.0. The number of phenolic OH excluding ortho intramolecular Hbond substituents is 1. The van der Waals surface area contributed by atoms with E-state index in [1.807, 2.05) is 0 Å². The Balaban J connectivity index is 2.11. The zero-order chi connectivity index (χ0) is 39.0. The molecule has 4 rings (SSSR count). The lowest BCUT2D eigenvalue weighted by molar-refractivity contribution is -0.118. The van der Waals surface area contributed by atoms with Gasteiger partial charge < -0.3 is 30.5 Å². The van der Waals surface area contributed by atoms with Crippen molar-refractivity contribution >= 4 is 29.0 Å². The highest BCUT2D eigenvalue weighted by atomic mass is 16.5. The Bertz CT molecular complexity index is 1840. The van der Waals surface area contributed by atoms with Crippen LogP contribution in [0.4, 0.5) is 0 Å². The molecule has 1 amide bonds. The number of aliphatic hydroxyl groups is 3. The standard InChI is InChI=1S/C41H49NO10/c1-21-12-10-9-11-13-24(4)41(51)42-34-38(49)29-19-27(7)37(48)33(32(29)39(50)40(34)52-8)36(47)26(6)18-25(5)35(46)23(3)15-17-28(43)16-14-22(2)31(45)20-30(21)44/h9-15,17-19,21,23,25,28,30,35,43-44,46,48H,16,20H2,1-8H3,(H,42,51)/b11-9-,12-10-,17-15-,22-14-,24-13-,26-18-/t21-,23-,25-,28-,30-,35-/m0/s1. The first-order valence-corrected chi connectivity index (χ1v) is 17.1. The number of rotatable bonds is 1. The summed E-state index contributed by atoms with van der Waals surface area (Å²) in [6.45, 7) is 11.2. The number of methoxy groups -OCH3 is 1. The van der Waals surface area contributed by atoms with E-state index < -0.39 is 76.2 Å². The molecule has 0 fully saturated rings. The first-order valence-electron chi connectivity index (χ1n) is 17.1. The molecule has 4 bridgehead atoms. The average molecular weight is 716 g/mol. The van der Waals surface area contributed by atoms with E-state index in [0.717, 1.165) is 7.11 Å². The maximum absolute atomic E-state index is 13.9. The minimum Gasteiger partial charge on any atom is -0.507 e. The predicted octanol–water partition coefficient (Wildman–Crippen LogP) is 5.10. The number of nitrogens with one attached hydrogen (secondary N) is 1. The van der Waals surface area contributed by atoms with Crippen molar-refractivity contribution in [2.45, 2.75) is 79.6 Å². The van der Waals surface area contributed by atoms with Crippen molar-refractivity contribution < 1.29 is 49.1 Å². The maximum Gasteiger partial charge on any atom is 0.251 e. The summed E-state index contributed by atoms with van der Waals surface area (Å²) in [7, 11) is 1.14. The second-order valence-corrected chi connectivity index (χ2v) is 13.5. The van der Waals surface area contributed by atoms with E-state index in [9.17, 15) is 44.4 Å². The van der Waals surface area contributed by atoms with Gasteiger partial charge in [0.25, 0.3) is 5.91 Å². The molecule has 3 aliphatic rings. The minimum absolute atomic E-state index is 0.0885. The number of carbonyl (C=O) groups is 5. The summed E-state index contributed by atoms with van der Waals surface area (Å²) in [5.41, 5.74) is -0.579. The van der Waals surface area contributed by atoms with Crippen molar-refractivity contribution in [1.29, 1.82) is 0 Å².